The molecule has 0 spiro atoms. The van der Waals surface area contributed by atoms with Crippen molar-refractivity contribution in [1.82, 2.24) is 29.5 Å². The van der Waals surface area contributed by atoms with Crippen molar-refractivity contribution in [2.24, 2.45) is 0 Å². The third-order valence-electron chi connectivity index (χ3n) is 7.33. The average Bonchev–Trinajstić information content (AvgIpc) is 3.69. The SMILES string of the molecule is O=C(Nc1ccc(-c2nn(CCN3CCOCC3)cc2-c2ccnc(Nc3cccc(F)c3)n2)cc1)N1CCCC1. The van der Waals surface area contributed by atoms with Crippen LogP contribution >= 0.6 is 0 Å². The summed E-state index contributed by atoms with van der Waals surface area (Å²) in [6, 6.07) is 15.7. The molecule has 0 bridgehead atoms. The van der Waals surface area contributed by atoms with Gasteiger partial charge in [-0.1, -0.05) is 18.2 Å². The van der Waals surface area contributed by atoms with Gasteiger partial charge >= 0.3 is 6.03 Å². The molecule has 11 heteroatoms. The topological polar surface area (TPSA) is 100 Å². The lowest BCUT2D eigenvalue weighted by molar-refractivity contribution is 0.0360. The highest BCUT2D eigenvalue weighted by atomic mass is 19.1. The summed E-state index contributed by atoms with van der Waals surface area (Å²) in [7, 11) is 0. The zero-order valence-electron chi connectivity index (χ0n) is 22.8. The summed E-state index contributed by atoms with van der Waals surface area (Å²) in [5, 5.41) is 11.0. The van der Waals surface area contributed by atoms with E-state index in [4.69, 9.17) is 14.8 Å². The smallest absolute Gasteiger partial charge is 0.321 e. The summed E-state index contributed by atoms with van der Waals surface area (Å²) in [5.74, 6) is 0.0233. The Balaban J connectivity index is 1.26. The van der Waals surface area contributed by atoms with Crippen LogP contribution in [-0.4, -0.2) is 81.5 Å². The van der Waals surface area contributed by atoms with Gasteiger partial charge in [-0.05, 0) is 49.2 Å². The summed E-state index contributed by atoms with van der Waals surface area (Å²) in [6.07, 6.45) is 5.78. The normalized spacial score (nSPS) is 15.7. The molecule has 2 N–H and O–H groups in total. The Labute approximate surface area is 238 Å². The lowest BCUT2D eigenvalue weighted by Gasteiger charge is -2.26. The molecule has 0 aliphatic carbocycles. The Hall–Kier alpha value is -4.35. The highest BCUT2D eigenvalue weighted by molar-refractivity contribution is 5.90. The number of halogens is 1. The molecule has 0 atom stereocenters. The maximum atomic E-state index is 13.7. The molecule has 2 amide bonds. The third-order valence-corrected chi connectivity index (χ3v) is 7.33. The molecule has 0 saturated carbocycles. The van der Waals surface area contributed by atoms with E-state index < -0.39 is 0 Å². The van der Waals surface area contributed by atoms with E-state index in [-0.39, 0.29) is 11.8 Å². The first-order chi connectivity index (χ1) is 20.1. The summed E-state index contributed by atoms with van der Waals surface area (Å²) < 4.78 is 21.1. The number of amides is 2. The van der Waals surface area contributed by atoms with Gasteiger partial charge in [0.1, 0.15) is 11.5 Å². The van der Waals surface area contributed by atoms with E-state index in [1.807, 2.05) is 46.1 Å². The van der Waals surface area contributed by atoms with Crippen molar-refractivity contribution in [3.63, 3.8) is 0 Å². The van der Waals surface area contributed by atoms with Gasteiger partial charge in [0.05, 0.1) is 25.5 Å². The molecular weight excluding hydrogens is 523 g/mol. The number of nitrogens with one attached hydrogen (secondary N) is 2. The second-order valence-corrected chi connectivity index (χ2v) is 10.2. The van der Waals surface area contributed by atoms with Gasteiger partial charge in [-0.3, -0.25) is 9.58 Å². The molecule has 41 heavy (non-hydrogen) atoms. The third kappa shape index (κ3) is 6.69. The quantitative estimate of drug-likeness (QED) is 0.320. The number of rotatable bonds is 8. The van der Waals surface area contributed by atoms with Crippen LogP contribution in [0.4, 0.5) is 26.5 Å². The molecule has 4 heterocycles. The number of hydrogen-bond donors (Lipinski definition) is 2. The molecule has 6 rings (SSSR count). The maximum Gasteiger partial charge on any atom is 0.321 e. The molecule has 4 aromatic rings. The molecule has 2 aromatic heterocycles. The maximum absolute atomic E-state index is 13.7. The number of anilines is 3. The molecule has 2 aliphatic rings. The lowest BCUT2D eigenvalue weighted by atomic mass is 10.1. The van der Waals surface area contributed by atoms with E-state index in [1.54, 1.807) is 18.3 Å². The molecule has 2 saturated heterocycles. The van der Waals surface area contributed by atoms with Crippen LogP contribution in [0.2, 0.25) is 0 Å². The van der Waals surface area contributed by atoms with E-state index in [9.17, 15) is 9.18 Å². The second kappa shape index (κ2) is 12.4. The fourth-order valence-electron chi connectivity index (χ4n) is 5.10. The minimum atomic E-state index is -0.338. The van der Waals surface area contributed by atoms with Crippen molar-refractivity contribution in [3.05, 3.63) is 72.8 Å². The highest BCUT2D eigenvalue weighted by Gasteiger charge is 2.19. The Morgan fingerprint density at radius 2 is 1.76 bits per heavy atom. The van der Waals surface area contributed by atoms with E-state index in [0.29, 0.717) is 17.3 Å². The van der Waals surface area contributed by atoms with Crippen molar-refractivity contribution < 1.29 is 13.9 Å². The fraction of sp³-hybridized carbons (Fsp3) is 0.333. The summed E-state index contributed by atoms with van der Waals surface area (Å²) in [5.41, 5.74) is 4.53. The molecular formula is C30H33FN8O2. The first-order valence-electron chi connectivity index (χ1n) is 14.0. The number of ether oxygens (including phenoxy) is 1. The number of urea groups is 1. The predicted octanol–water partition coefficient (Wildman–Crippen LogP) is 4.85. The van der Waals surface area contributed by atoms with Gasteiger partial charge in [0.25, 0.3) is 0 Å². The minimum Gasteiger partial charge on any atom is -0.379 e. The van der Waals surface area contributed by atoms with Gasteiger partial charge in [-0.15, -0.1) is 0 Å². The van der Waals surface area contributed by atoms with Gasteiger partial charge in [0, 0.05) is 67.6 Å². The standard InChI is InChI=1S/C30H33FN8O2/c31-23-4-3-5-25(20-23)33-29-32-11-10-27(35-29)26-21-39(15-14-37-16-18-41-19-17-37)36-28(26)22-6-8-24(9-7-22)34-30(40)38-12-1-2-13-38/h3-11,20-21H,1-2,12-19H2,(H,34,40)(H,32,33,35). The number of aromatic nitrogens is 4. The number of morpholine rings is 1. The number of likely N-dealkylation sites (tertiary alicyclic amines) is 1. The summed E-state index contributed by atoms with van der Waals surface area (Å²) in [6.45, 7) is 6.49. The molecule has 2 fully saturated rings. The number of carbonyl (C=O) groups is 1. The lowest BCUT2D eigenvalue weighted by Crippen LogP contribution is -2.38. The molecule has 2 aliphatic heterocycles. The van der Waals surface area contributed by atoms with E-state index in [1.165, 1.54) is 12.1 Å². The molecule has 2 aromatic carbocycles. The molecule has 212 valence electrons. The second-order valence-electron chi connectivity index (χ2n) is 10.2. The first-order valence-corrected chi connectivity index (χ1v) is 14.0. The van der Waals surface area contributed by atoms with Crippen LogP contribution < -0.4 is 10.6 Å². The van der Waals surface area contributed by atoms with E-state index in [2.05, 4.69) is 20.5 Å². The van der Waals surface area contributed by atoms with Crippen molar-refractivity contribution in [2.75, 3.05) is 56.6 Å². The predicted molar refractivity (Wildman–Crippen MR) is 155 cm³/mol. The Bertz CT molecular complexity index is 1480. The van der Waals surface area contributed by atoms with Crippen LogP contribution in [0.3, 0.4) is 0 Å². The van der Waals surface area contributed by atoms with Crippen LogP contribution in [-0.2, 0) is 11.3 Å². The Morgan fingerprint density at radius 3 is 2.54 bits per heavy atom. The van der Waals surface area contributed by atoms with Gasteiger partial charge in [0.2, 0.25) is 5.95 Å². The Morgan fingerprint density at radius 1 is 0.951 bits per heavy atom. The minimum absolute atomic E-state index is 0.0670. The van der Waals surface area contributed by atoms with Gasteiger partial charge in [-0.25, -0.2) is 19.2 Å². The number of hydrogen-bond acceptors (Lipinski definition) is 7. The number of benzene rings is 2. The summed E-state index contributed by atoms with van der Waals surface area (Å²) in [4.78, 5) is 25.8. The fourth-order valence-corrected chi connectivity index (χ4v) is 5.10. The van der Waals surface area contributed by atoms with Gasteiger partial charge in [0.15, 0.2) is 0 Å². The monoisotopic (exact) mass is 556 g/mol. The van der Waals surface area contributed by atoms with Gasteiger partial charge < -0.3 is 20.3 Å². The zero-order chi connectivity index (χ0) is 28.0. The molecule has 0 radical (unpaired) electrons. The zero-order valence-corrected chi connectivity index (χ0v) is 22.8. The number of nitrogens with zero attached hydrogens (tertiary/aromatic N) is 6. The van der Waals surface area contributed by atoms with Gasteiger partial charge in [-0.2, -0.15) is 5.10 Å². The Kier molecular flexibility index (Phi) is 8.15. The number of carbonyl (C=O) groups excluding carboxylic acids is 1. The van der Waals surface area contributed by atoms with Crippen molar-refractivity contribution >= 4 is 23.4 Å². The van der Waals surface area contributed by atoms with Crippen LogP contribution in [0, 0.1) is 5.82 Å². The van der Waals surface area contributed by atoms with Crippen LogP contribution in [0.15, 0.2) is 67.0 Å². The van der Waals surface area contributed by atoms with Crippen LogP contribution in [0.1, 0.15) is 12.8 Å². The molecule has 10 nitrogen and oxygen atoms in total. The highest BCUT2D eigenvalue weighted by Crippen LogP contribution is 2.31. The average molecular weight is 557 g/mol. The van der Waals surface area contributed by atoms with Crippen LogP contribution in [0.5, 0.6) is 0 Å². The van der Waals surface area contributed by atoms with E-state index >= 15 is 0 Å². The van der Waals surface area contributed by atoms with Crippen LogP contribution in [0.25, 0.3) is 22.5 Å². The first kappa shape index (κ1) is 26.9. The largest absolute Gasteiger partial charge is 0.379 e. The van der Waals surface area contributed by atoms with E-state index in [0.717, 1.165) is 87.8 Å². The van der Waals surface area contributed by atoms with Crippen molar-refractivity contribution in [2.45, 2.75) is 19.4 Å². The van der Waals surface area contributed by atoms with Crippen molar-refractivity contribution in [1.29, 1.82) is 0 Å². The summed E-state index contributed by atoms with van der Waals surface area (Å²) >= 11 is 0. The molecule has 0 unspecified atom stereocenters. The van der Waals surface area contributed by atoms with Crippen molar-refractivity contribution in [3.8, 4) is 22.5 Å².